The van der Waals surface area contributed by atoms with Gasteiger partial charge >= 0.3 is 6.03 Å². The molecule has 1 aliphatic heterocycles. The number of aromatic amines is 1. The summed E-state index contributed by atoms with van der Waals surface area (Å²) < 4.78 is 10.8. The normalized spacial score (nSPS) is 15.8. The number of ether oxygens (including phenoxy) is 2. The topological polar surface area (TPSA) is 86.9 Å². The van der Waals surface area contributed by atoms with Crippen molar-refractivity contribution in [3.05, 3.63) is 63.4 Å². The molecule has 0 aliphatic carbocycles. The number of H-pyrrole nitrogens is 1. The largest absolute Gasteiger partial charge is 0.493 e. The maximum Gasteiger partial charge on any atom is 0.322 e. The summed E-state index contributed by atoms with van der Waals surface area (Å²) in [5.74, 6) is 1.10. The Morgan fingerprint density at radius 2 is 1.97 bits per heavy atom. The van der Waals surface area contributed by atoms with E-state index < -0.39 is 0 Å². The third-order valence-corrected chi connectivity index (χ3v) is 6.72. The molecule has 0 saturated carbocycles. The van der Waals surface area contributed by atoms with Crippen LogP contribution >= 0.6 is 11.6 Å². The van der Waals surface area contributed by atoms with Crippen LogP contribution in [0.3, 0.4) is 0 Å². The first-order valence-corrected chi connectivity index (χ1v) is 12.1. The van der Waals surface area contributed by atoms with Crippen molar-refractivity contribution in [1.82, 2.24) is 14.8 Å². The monoisotopic (exact) mass is 498 g/mol. The van der Waals surface area contributed by atoms with Crippen molar-refractivity contribution in [1.29, 1.82) is 0 Å². The molecule has 2 heterocycles. The highest BCUT2D eigenvalue weighted by Crippen LogP contribution is 2.31. The number of halogens is 1. The molecule has 2 N–H and O–H groups in total. The van der Waals surface area contributed by atoms with Crippen LogP contribution in [0.4, 0.5) is 10.5 Å². The van der Waals surface area contributed by atoms with Crippen LogP contribution in [0.5, 0.6) is 11.5 Å². The number of rotatable bonds is 8. The van der Waals surface area contributed by atoms with E-state index in [0.717, 1.165) is 31.3 Å². The van der Waals surface area contributed by atoms with E-state index in [2.05, 4.69) is 22.1 Å². The minimum Gasteiger partial charge on any atom is -0.493 e. The van der Waals surface area contributed by atoms with Gasteiger partial charge in [-0.15, -0.1) is 0 Å². The second kappa shape index (κ2) is 11.0. The second-order valence-electron chi connectivity index (χ2n) is 8.66. The highest BCUT2D eigenvalue weighted by atomic mass is 35.5. The summed E-state index contributed by atoms with van der Waals surface area (Å²) in [6, 6.07) is 12.4. The van der Waals surface area contributed by atoms with E-state index in [1.165, 1.54) is 0 Å². The zero-order valence-electron chi connectivity index (χ0n) is 20.3. The summed E-state index contributed by atoms with van der Waals surface area (Å²) >= 11 is 6.10. The molecule has 1 saturated heterocycles. The zero-order valence-corrected chi connectivity index (χ0v) is 21.0. The van der Waals surface area contributed by atoms with Crippen LogP contribution in [0.15, 0.2) is 47.3 Å². The molecular weight excluding hydrogens is 468 g/mol. The van der Waals surface area contributed by atoms with Gasteiger partial charge in [-0.25, -0.2) is 4.79 Å². The summed E-state index contributed by atoms with van der Waals surface area (Å²) in [5, 5.41) is 4.27. The van der Waals surface area contributed by atoms with E-state index in [4.69, 9.17) is 21.1 Å². The first-order chi connectivity index (χ1) is 16.9. The number of amides is 2. The maximum absolute atomic E-state index is 13.4. The molecule has 0 radical (unpaired) electrons. The van der Waals surface area contributed by atoms with Gasteiger partial charge in [-0.05, 0) is 56.3 Å². The number of pyridine rings is 1. The van der Waals surface area contributed by atoms with E-state index in [0.29, 0.717) is 39.8 Å². The molecule has 1 aliphatic rings. The van der Waals surface area contributed by atoms with Gasteiger partial charge in [0.1, 0.15) is 0 Å². The van der Waals surface area contributed by atoms with E-state index >= 15 is 0 Å². The summed E-state index contributed by atoms with van der Waals surface area (Å²) in [4.78, 5) is 33.4. The Labute approximate surface area is 209 Å². The first kappa shape index (κ1) is 24.9. The molecule has 0 unspecified atom stereocenters. The van der Waals surface area contributed by atoms with Gasteiger partial charge in [-0.2, -0.15) is 0 Å². The molecule has 4 rings (SSSR count). The lowest BCUT2D eigenvalue weighted by molar-refractivity contribution is 0.174. The highest BCUT2D eigenvalue weighted by Gasteiger charge is 2.28. The van der Waals surface area contributed by atoms with Crippen LogP contribution in [0.1, 0.15) is 25.3 Å². The lowest BCUT2D eigenvalue weighted by Crippen LogP contribution is -2.45. The number of hydrogen-bond acceptors (Lipinski definition) is 5. The predicted molar refractivity (Wildman–Crippen MR) is 139 cm³/mol. The number of methoxy groups -OCH3 is 2. The molecule has 9 heteroatoms. The van der Waals surface area contributed by atoms with Crippen molar-refractivity contribution in [2.75, 3.05) is 39.2 Å². The SMILES string of the molecule is CCN1CCC[C@H]1CN(Cc1cc2cc(OC)c(OC)cc2[nH]c1=O)C(=O)Nc1cccc(Cl)c1. The molecule has 2 aromatic carbocycles. The fourth-order valence-corrected chi connectivity index (χ4v) is 4.85. The molecular formula is C26H31ClN4O4. The summed E-state index contributed by atoms with van der Waals surface area (Å²) in [6.45, 7) is 4.75. The Balaban J connectivity index is 1.65. The average Bonchev–Trinajstić information content (AvgIpc) is 3.30. The number of nitrogens with one attached hydrogen (secondary N) is 2. The van der Waals surface area contributed by atoms with E-state index in [-0.39, 0.29) is 24.2 Å². The van der Waals surface area contributed by atoms with Crippen molar-refractivity contribution >= 4 is 34.2 Å². The fraction of sp³-hybridized carbons (Fsp3) is 0.385. The Hall–Kier alpha value is -3.23. The van der Waals surface area contributed by atoms with Crippen LogP contribution < -0.4 is 20.3 Å². The third-order valence-electron chi connectivity index (χ3n) is 6.49. The van der Waals surface area contributed by atoms with Gasteiger partial charge in [0.2, 0.25) is 0 Å². The van der Waals surface area contributed by atoms with Crippen molar-refractivity contribution in [3.63, 3.8) is 0 Å². The molecule has 3 aromatic rings. The number of aromatic nitrogens is 1. The number of nitrogens with zero attached hydrogens (tertiary/aromatic N) is 2. The number of hydrogen-bond donors (Lipinski definition) is 2. The Kier molecular flexibility index (Phi) is 7.83. The van der Waals surface area contributed by atoms with Crippen molar-refractivity contribution in [3.8, 4) is 11.5 Å². The minimum absolute atomic E-state index is 0.167. The van der Waals surface area contributed by atoms with Gasteiger partial charge in [-0.1, -0.05) is 24.6 Å². The lowest BCUT2D eigenvalue weighted by atomic mass is 10.1. The van der Waals surface area contributed by atoms with Gasteiger partial charge < -0.3 is 24.7 Å². The predicted octanol–water partition coefficient (Wildman–Crippen LogP) is 4.72. The third kappa shape index (κ3) is 5.71. The van der Waals surface area contributed by atoms with E-state index in [1.54, 1.807) is 49.5 Å². The van der Waals surface area contributed by atoms with Gasteiger partial charge in [-0.3, -0.25) is 9.69 Å². The average molecular weight is 499 g/mol. The second-order valence-corrected chi connectivity index (χ2v) is 9.10. The van der Waals surface area contributed by atoms with Gasteiger partial charge in [0, 0.05) is 40.3 Å². The number of carbonyl (C=O) groups excluding carboxylic acids is 1. The van der Waals surface area contributed by atoms with Crippen LogP contribution in [0.2, 0.25) is 5.02 Å². The summed E-state index contributed by atoms with van der Waals surface area (Å²) in [7, 11) is 3.12. The van der Waals surface area contributed by atoms with Crippen LogP contribution in [0, 0.1) is 0 Å². The molecule has 2 amide bonds. The highest BCUT2D eigenvalue weighted by molar-refractivity contribution is 6.30. The number of urea groups is 1. The number of likely N-dealkylation sites (tertiary alicyclic amines) is 1. The molecule has 1 aromatic heterocycles. The van der Waals surface area contributed by atoms with E-state index in [1.807, 2.05) is 12.1 Å². The van der Waals surface area contributed by atoms with Gasteiger partial charge in [0.15, 0.2) is 11.5 Å². The standard InChI is InChI=1S/C26H31ClN4O4/c1-4-30-10-6-9-21(30)16-31(26(33)28-20-8-5-7-19(27)13-20)15-18-11-17-12-23(34-2)24(35-3)14-22(17)29-25(18)32/h5,7-8,11-14,21H,4,6,9-10,15-16H2,1-3H3,(H,28,33)(H,29,32)/t21-/m0/s1. The molecule has 1 fully saturated rings. The lowest BCUT2D eigenvalue weighted by Gasteiger charge is -2.30. The number of benzene rings is 2. The fourth-order valence-electron chi connectivity index (χ4n) is 4.66. The summed E-state index contributed by atoms with van der Waals surface area (Å²) in [6.07, 6.45) is 2.11. The van der Waals surface area contributed by atoms with Crippen molar-refractivity contribution < 1.29 is 14.3 Å². The van der Waals surface area contributed by atoms with Gasteiger partial charge in [0.25, 0.3) is 5.56 Å². The van der Waals surface area contributed by atoms with Crippen LogP contribution in [0.25, 0.3) is 10.9 Å². The Bertz CT molecular complexity index is 1260. The number of anilines is 1. The smallest absolute Gasteiger partial charge is 0.322 e. The van der Waals surface area contributed by atoms with Crippen LogP contribution in [-0.4, -0.2) is 60.7 Å². The Morgan fingerprint density at radius 3 is 2.69 bits per heavy atom. The quantitative estimate of drug-likeness (QED) is 0.469. The number of likely N-dealkylation sites (N-methyl/N-ethyl adjacent to an activating group) is 1. The molecule has 0 spiro atoms. The molecule has 35 heavy (non-hydrogen) atoms. The van der Waals surface area contributed by atoms with Crippen molar-refractivity contribution in [2.24, 2.45) is 0 Å². The van der Waals surface area contributed by atoms with E-state index in [9.17, 15) is 9.59 Å². The molecule has 0 bridgehead atoms. The maximum atomic E-state index is 13.4. The molecule has 1 atom stereocenters. The summed E-state index contributed by atoms with van der Waals surface area (Å²) in [5.41, 5.74) is 1.49. The minimum atomic E-state index is -0.276. The number of fused-ring (bicyclic) bond motifs is 1. The van der Waals surface area contributed by atoms with Crippen molar-refractivity contribution in [2.45, 2.75) is 32.4 Å². The zero-order chi connectivity index (χ0) is 24.9. The molecule has 186 valence electrons. The van der Waals surface area contributed by atoms with Gasteiger partial charge in [0.05, 0.1) is 26.3 Å². The first-order valence-electron chi connectivity index (χ1n) is 11.7. The Morgan fingerprint density at radius 1 is 1.20 bits per heavy atom. The van der Waals surface area contributed by atoms with Crippen LogP contribution in [-0.2, 0) is 6.54 Å². The number of carbonyl (C=O) groups is 1. The molecule has 8 nitrogen and oxygen atoms in total.